The molecule has 0 fully saturated rings. The van der Waals surface area contributed by atoms with Gasteiger partial charge < -0.3 is 9.84 Å². The summed E-state index contributed by atoms with van der Waals surface area (Å²) < 4.78 is 5.63. The maximum absolute atomic E-state index is 9.34. The molecule has 0 amide bonds. The molecule has 1 N–H and O–H groups in total. The molecule has 2 aromatic rings. The number of aryl methyl sites for hydroxylation is 1. The van der Waals surface area contributed by atoms with Gasteiger partial charge in [-0.1, -0.05) is 18.2 Å². The summed E-state index contributed by atoms with van der Waals surface area (Å²) >= 11 is 0. The van der Waals surface area contributed by atoms with Crippen LogP contribution in [0, 0.1) is 18.3 Å². The Hall–Kier alpha value is -2.47. The van der Waals surface area contributed by atoms with Gasteiger partial charge in [0.2, 0.25) is 0 Å². The molecule has 2 rings (SSSR count). The normalized spacial score (nSPS) is 9.65. The standard InChI is InChI=1S/C14H11NO2/c1-10-4-2-5-11(9-15)14(10)17-13-7-3-6-12(16)8-13/h2-8,16H,1H3. The average Bonchev–Trinajstić information content (AvgIpc) is 2.32. The van der Waals surface area contributed by atoms with E-state index in [2.05, 4.69) is 6.07 Å². The molecule has 0 aliphatic rings. The molecule has 17 heavy (non-hydrogen) atoms. The number of nitrogens with zero attached hydrogens (tertiary/aromatic N) is 1. The number of ether oxygens (including phenoxy) is 1. The second kappa shape index (κ2) is 4.58. The fourth-order valence-corrected chi connectivity index (χ4v) is 1.54. The molecule has 0 radical (unpaired) electrons. The highest BCUT2D eigenvalue weighted by molar-refractivity contribution is 5.50. The molecule has 3 heteroatoms. The molecule has 0 aliphatic heterocycles. The third-order valence-corrected chi connectivity index (χ3v) is 2.37. The van der Waals surface area contributed by atoms with Gasteiger partial charge in [0.1, 0.15) is 23.3 Å². The number of hydrogen-bond donors (Lipinski definition) is 1. The fraction of sp³-hybridized carbons (Fsp3) is 0.0714. The first-order valence-electron chi connectivity index (χ1n) is 5.17. The Kier molecular flexibility index (Phi) is 2.97. The van der Waals surface area contributed by atoms with Crippen molar-refractivity contribution in [1.29, 1.82) is 5.26 Å². The smallest absolute Gasteiger partial charge is 0.148 e. The van der Waals surface area contributed by atoms with Crippen LogP contribution in [0.4, 0.5) is 0 Å². The van der Waals surface area contributed by atoms with Crippen LogP contribution in [0.3, 0.4) is 0 Å². The molecule has 0 saturated heterocycles. The Morgan fingerprint density at radius 2 is 1.94 bits per heavy atom. The first-order chi connectivity index (χ1) is 8.20. The quantitative estimate of drug-likeness (QED) is 0.852. The van der Waals surface area contributed by atoms with Gasteiger partial charge in [0, 0.05) is 6.07 Å². The Bertz CT molecular complexity index is 585. The van der Waals surface area contributed by atoms with E-state index in [1.165, 1.54) is 6.07 Å². The Labute approximate surface area is 99.5 Å². The number of nitriles is 1. The summed E-state index contributed by atoms with van der Waals surface area (Å²) in [7, 11) is 0. The third-order valence-electron chi connectivity index (χ3n) is 2.37. The molecule has 3 nitrogen and oxygen atoms in total. The van der Waals surface area contributed by atoms with Gasteiger partial charge in [0.25, 0.3) is 0 Å². The molecule has 0 spiro atoms. The van der Waals surface area contributed by atoms with Crippen LogP contribution in [0.1, 0.15) is 11.1 Å². The number of aromatic hydroxyl groups is 1. The van der Waals surface area contributed by atoms with Crippen molar-refractivity contribution in [1.82, 2.24) is 0 Å². The lowest BCUT2D eigenvalue weighted by molar-refractivity contribution is 0.453. The van der Waals surface area contributed by atoms with Crippen LogP contribution in [0.2, 0.25) is 0 Å². The third kappa shape index (κ3) is 2.37. The molecule has 0 unspecified atom stereocenters. The van der Waals surface area contributed by atoms with Gasteiger partial charge in [-0.05, 0) is 30.7 Å². The van der Waals surface area contributed by atoms with E-state index in [1.807, 2.05) is 19.1 Å². The van der Waals surface area contributed by atoms with E-state index < -0.39 is 0 Å². The minimum Gasteiger partial charge on any atom is -0.508 e. The van der Waals surface area contributed by atoms with Crippen LogP contribution in [-0.2, 0) is 0 Å². The molecule has 0 heterocycles. The summed E-state index contributed by atoms with van der Waals surface area (Å²) in [5.41, 5.74) is 1.36. The number of para-hydroxylation sites is 1. The van der Waals surface area contributed by atoms with E-state index in [9.17, 15) is 5.11 Å². The zero-order chi connectivity index (χ0) is 12.3. The molecular formula is C14H11NO2. The Morgan fingerprint density at radius 3 is 2.65 bits per heavy atom. The minimum atomic E-state index is 0.134. The zero-order valence-corrected chi connectivity index (χ0v) is 9.34. The highest BCUT2D eigenvalue weighted by Crippen LogP contribution is 2.29. The summed E-state index contributed by atoms with van der Waals surface area (Å²) in [6.07, 6.45) is 0. The summed E-state index contributed by atoms with van der Waals surface area (Å²) in [4.78, 5) is 0. The zero-order valence-electron chi connectivity index (χ0n) is 9.34. The Morgan fingerprint density at radius 1 is 1.18 bits per heavy atom. The van der Waals surface area contributed by atoms with E-state index in [-0.39, 0.29) is 5.75 Å². The van der Waals surface area contributed by atoms with Crippen molar-refractivity contribution in [3.05, 3.63) is 53.6 Å². The number of rotatable bonds is 2. The maximum atomic E-state index is 9.34. The van der Waals surface area contributed by atoms with Crippen LogP contribution in [0.25, 0.3) is 0 Å². The van der Waals surface area contributed by atoms with E-state index >= 15 is 0 Å². The van der Waals surface area contributed by atoms with Crippen LogP contribution in [0.5, 0.6) is 17.2 Å². The molecule has 84 valence electrons. The molecule has 0 saturated carbocycles. The van der Waals surface area contributed by atoms with E-state index in [0.717, 1.165) is 5.56 Å². The highest BCUT2D eigenvalue weighted by atomic mass is 16.5. The van der Waals surface area contributed by atoms with Gasteiger partial charge in [0.15, 0.2) is 0 Å². The lowest BCUT2D eigenvalue weighted by atomic mass is 10.1. The summed E-state index contributed by atoms with van der Waals surface area (Å²) in [5, 5.41) is 18.3. The molecule has 0 aromatic heterocycles. The number of benzene rings is 2. The second-order valence-electron chi connectivity index (χ2n) is 3.66. The van der Waals surface area contributed by atoms with Crippen molar-refractivity contribution < 1.29 is 9.84 Å². The van der Waals surface area contributed by atoms with E-state index in [0.29, 0.717) is 17.1 Å². The van der Waals surface area contributed by atoms with Gasteiger partial charge in [0.05, 0.1) is 5.56 Å². The Balaban J connectivity index is 2.40. The number of phenols is 1. The SMILES string of the molecule is Cc1cccc(C#N)c1Oc1cccc(O)c1. The first-order valence-corrected chi connectivity index (χ1v) is 5.17. The predicted molar refractivity (Wildman–Crippen MR) is 64.1 cm³/mol. The average molecular weight is 225 g/mol. The van der Waals surface area contributed by atoms with Gasteiger partial charge >= 0.3 is 0 Å². The molecule has 0 aliphatic carbocycles. The van der Waals surface area contributed by atoms with Gasteiger partial charge in [-0.2, -0.15) is 5.26 Å². The summed E-state index contributed by atoms with van der Waals surface area (Å²) in [6.45, 7) is 1.87. The monoisotopic (exact) mass is 225 g/mol. The van der Waals surface area contributed by atoms with Crippen molar-refractivity contribution >= 4 is 0 Å². The van der Waals surface area contributed by atoms with Crippen LogP contribution >= 0.6 is 0 Å². The largest absolute Gasteiger partial charge is 0.508 e. The molecule has 0 atom stereocenters. The molecule has 2 aromatic carbocycles. The molecular weight excluding hydrogens is 214 g/mol. The highest BCUT2D eigenvalue weighted by Gasteiger charge is 2.07. The summed E-state index contributed by atoms with van der Waals surface area (Å²) in [5.74, 6) is 1.17. The van der Waals surface area contributed by atoms with Gasteiger partial charge in [-0.15, -0.1) is 0 Å². The van der Waals surface area contributed by atoms with Crippen LogP contribution in [-0.4, -0.2) is 5.11 Å². The number of phenolic OH excluding ortho intramolecular Hbond substituents is 1. The summed E-state index contributed by atoms with van der Waals surface area (Å²) in [6, 6.07) is 14.0. The second-order valence-corrected chi connectivity index (χ2v) is 3.66. The van der Waals surface area contributed by atoms with E-state index in [4.69, 9.17) is 10.00 Å². The van der Waals surface area contributed by atoms with E-state index in [1.54, 1.807) is 24.3 Å². The lowest BCUT2D eigenvalue weighted by Gasteiger charge is -2.10. The van der Waals surface area contributed by atoms with Crippen molar-refractivity contribution in [2.24, 2.45) is 0 Å². The topological polar surface area (TPSA) is 53.2 Å². The van der Waals surface area contributed by atoms with Crippen LogP contribution in [0.15, 0.2) is 42.5 Å². The van der Waals surface area contributed by atoms with Crippen molar-refractivity contribution in [3.8, 4) is 23.3 Å². The molecule has 0 bridgehead atoms. The fourth-order valence-electron chi connectivity index (χ4n) is 1.54. The first kappa shape index (κ1) is 11.0. The van der Waals surface area contributed by atoms with Gasteiger partial charge in [-0.3, -0.25) is 0 Å². The van der Waals surface area contributed by atoms with Crippen molar-refractivity contribution in [2.45, 2.75) is 6.92 Å². The lowest BCUT2D eigenvalue weighted by Crippen LogP contribution is -1.91. The van der Waals surface area contributed by atoms with Crippen molar-refractivity contribution in [2.75, 3.05) is 0 Å². The van der Waals surface area contributed by atoms with Gasteiger partial charge in [-0.25, -0.2) is 0 Å². The minimum absolute atomic E-state index is 0.134. The van der Waals surface area contributed by atoms with Crippen LogP contribution < -0.4 is 4.74 Å². The maximum Gasteiger partial charge on any atom is 0.148 e. The van der Waals surface area contributed by atoms with Crippen molar-refractivity contribution in [3.63, 3.8) is 0 Å². The predicted octanol–water partition coefficient (Wildman–Crippen LogP) is 3.36. The number of hydrogen-bond acceptors (Lipinski definition) is 3.